The second kappa shape index (κ2) is 4.83. The number of hydrogen-bond donors (Lipinski definition) is 1. The van der Waals surface area contributed by atoms with Crippen molar-refractivity contribution in [2.24, 2.45) is 5.41 Å². The van der Waals surface area contributed by atoms with Crippen molar-refractivity contribution in [1.29, 1.82) is 0 Å². The monoisotopic (exact) mass is 266 g/mol. The van der Waals surface area contributed by atoms with Crippen LogP contribution in [0.3, 0.4) is 0 Å². The van der Waals surface area contributed by atoms with Crippen molar-refractivity contribution in [3.05, 3.63) is 29.1 Å². The fourth-order valence-corrected chi connectivity index (χ4v) is 3.03. The van der Waals surface area contributed by atoms with Crippen LogP contribution in [0.2, 0.25) is 0 Å². The maximum absolute atomic E-state index is 13.7. The fraction of sp³-hybridized carbons (Fsp3) is 0.533. The van der Waals surface area contributed by atoms with Gasteiger partial charge < -0.3 is 9.84 Å². The van der Waals surface area contributed by atoms with Crippen LogP contribution < -0.4 is 0 Å². The predicted molar refractivity (Wildman–Crippen MR) is 69.8 cm³/mol. The molecule has 0 heterocycles. The van der Waals surface area contributed by atoms with Gasteiger partial charge in [-0.05, 0) is 35.8 Å². The maximum atomic E-state index is 13.7. The Morgan fingerprint density at radius 3 is 2.68 bits per heavy atom. The number of phenols is 1. The predicted octanol–water partition coefficient (Wildman–Crippen LogP) is 3.61. The van der Waals surface area contributed by atoms with E-state index in [1.807, 2.05) is 0 Å². The molecule has 1 saturated carbocycles. The summed E-state index contributed by atoms with van der Waals surface area (Å²) in [7, 11) is 1.22. The van der Waals surface area contributed by atoms with Crippen LogP contribution >= 0.6 is 0 Å². The van der Waals surface area contributed by atoms with Crippen molar-refractivity contribution in [3.8, 4) is 5.75 Å². The van der Waals surface area contributed by atoms with Crippen molar-refractivity contribution in [2.45, 2.75) is 39.0 Å². The number of rotatable bonds is 2. The van der Waals surface area contributed by atoms with E-state index in [2.05, 4.69) is 18.6 Å². The molecule has 0 aliphatic heterocycles. The maximum Gasteiger partial charge on any atom is 0.340 e. The zero-order valence-electron chi connectivity index (χ0n) is 11.5. The summed E-state index contributed by atoms with van der Waals surface area (Å²) in [5.41, 5.74) is 0.574. The lowest BCUT2D eigenvalue weighted by Gasteiger charge is -2.28. The van der Waals surface area contributed by atoms with Gasteiger partial charge in [0.05, 0.1) is 12.7 Å². The number of hydrogen-bond acceptors (Lipinski definition) is 3. The van der Waals surface area contributed by atoms with Crippen molar-refractivity contribution < 1.29 is 19.0 Å². The van der Waals surface area contributed by atoms with Crippen molar-refractivity contribution in [1.82, 2.24) is 0 Å². The van der Waals surface area contributed by atoms with Gasteiger partial charge in [-0.1, -0.05) is 20.3 Å². The Hall–Kier alpha value is -1.58. The Bertz CT molecular complexity index is 508. The van der Waals surface area contributed by atoms with Crippen molar-refractivity contribution >= 4 is 5.97 Å². The first-order chi connectivity index (χ1) is 8.86. The van der Waals surface area contributed by atoms with Crippen LogP contribution in [0.5, 0.6) is 5.75 Å². The van der Waals surface area contributed by atoms with Gasteiger partial charge in [0.2, 0.25) is 0 Å². The van der Waals surface area contributed by atoms with E-state index in [1.165, 1.54) is 13.2 Å². The molecule has 1 fully saturated rings. The van der Waals surface area contributed by atoms with Crippen LogP contribution in [-0.2, 0) is 4.74 Å². The van der Waals surface area contributed by atoms with Gasteiger partial charge in [-0.2, -0.15) is 0 Å². The third-order valence-corrected chi connectivity index (χ3v) is 4.15. The van der Waals surface area contributed by atoms with Crippen LogP contribution in [0.1, 0.15) is 54.9 Å². The van der Waals surface area contributed by atoms with E-state index >= 15 is 0 Å². The van der Waals surface area contributed by atoms with E-state index in [4.69, 9.17) is 0 Å². The third kappa shape index (κ3) is 2.44. The zero-order chi connectivity index (χ0) is 14.2. The summed E-state index contributed by atoms with van der Waals surface area (Å²) < 4.78 is 18.3. The molecule has 19 heavy (non-hydrogen) atoms. The lowest BCUT2D eigenvalue weighted by atomic mass is 9.77. The molecule has 1 N–H and O–H groups in total. The van der Waals surface area contributed by atoms with Crippen LogP contribution in [0.4, 0.5) is 4.39 Å². The molecular weight excluding hydrogens is 247 g/mol. The normalized spacial score (nSPS) is 21.4. The highest BCUT2D eigenvalue weighted by molar-refractivity contribution is 5.90. The summed E-state index contributed by atoms with van der Waals surface area (Å²) in [6.45, 7) is 4.26. The molecule has 4 heteroatoms. The lowest BCUT2D eigenvalue weighted by Crippen LogP contribution is -2.16. The Balaban J connectivity index is 2.49. The van der Waals surface area contributed by atoms with Gasteiger partial charge in [0, 0.05) is 6.07 Å². The van der Waals surface area contributed by atoms with Crippen molar-refractivity contribution in [3.63, 3.8) is 0 Å². The second-order valence-electron chi connectivity index (χ2n) is 5.82. The number of esters is 1. The molecule has 0 aromatic heterocycles. The molecule has 0 bridgehead atoms. The second-order valence-corrected chi connectivity index (χ2v) is 5.82. The zero-order valence-corrected chi connectivity index (χ0v) is 11.5. The van der Waals surface area contributed by atoms with E-state index in [0.717, 1.165) is 25.3 Å². The Morgan fingerprint density at radius 1 is 1.47 bits per heavy atom. The Morgan fingerprint density at radius 2 is 2.16 bits per heavy atom. The molecule has 0 radical (unpaired) electrons. The fourth-order valence-electron chi connectivity index (χ4n) is 3.03. The van der Waals surface area contributed by atoms with E-state index in [1.54, 1.807) is 0 Å². The lowest BCUT2D eigenvalue weighted by molar-refractivity contribution is 0.0595. The van der Waals surface area contributed by atoms with Gasteiger partial charge in [0.15, 0.2) is 0 Å². The minimum absolute atomic E-state index is 0.0443. The number of methoxy groups -OCH3 is 1. The molecule has 1 aliphatic carbocycles. The summed E-state index contributed by atoms with van der Waals surface area (Å²) in [5, 5.41) is 9.97. The highest BCUT2D eigenvalue weighted by Crippen LogP contribution is 2.51. The molecule has 1 aliphatic rings. The molecule has 3 nitrogen and oxygen atoms in total. The molecule has 2 rings (SSSR count). The quantitative estimate of drug-likeness (QED) is 0.832. The van der Waals surface area contributed by atoms with Gasteiger partial charge in [-0.15, -0.1) is 0 Å². The SMILES string of the molecule is COC(=O)c1cc([C@@H]2CCCC2(C)C)c(O)cc1F. The molecule has 0 unspecified atom stereocenters. The average Bonchev–Trinajstić information content (AvgIpc) is 2.68. The minimum atomic E-state index is -0.746. The van der Waals surface area contributed by atoms with Gasteiger partial charge in [0.25, 0.3) is 0 Å². The first kappa shape index (κ1) is 13.8. The van der Waals surface area contributed by atoms with Gasteiger partial charge in [0.1, 0.15) is 11.6 Å². The molecule has 1 aromatic rings. The third-order valence-electron chi connectivity index (χ3n) is 4.15. The summed E-state index contributed by atoms with van der Waals surface area (Å²) >= 11 is 0. The minimum Gasteiger partial charge on any atom is -0.508 e. The van der Waals surface area contributed by atoms with E-state index in [9.17, 15) is 14.3 Å². The van der Waals surface area contributed by atoms with Gasteiger partial charge in [-0.25, -0.2) is 9.18 Å². The number of aromatic hydroxyl groups is 1. The Kier molecular flexibility index (Phi) is 3.52. The molecular formula is C15H19FO3. The summed E-state index contributed by atoms with van der Waals surface area (Å²) in [5.74, 6) is -1.40. The topological polar surface area (TPSA) is 46.5 Å². The molecule has 0 amide bonds. The number of halogens is 1. The van der Waals surface area contributed by atoms with E-state index < -0.39 is 11.8 Å². The van der Waals surface area contributed by atoms with Gasteiger partial charge >= 0.3 is 5.97 Å². The average molecular weight is 266 g/mol. The standard InChI is InChI=1S/C15H19FO3/c1-15(2)6-4-5-11(15)9-7-10(14(18)19-3)12(16)8-13(9)17/h7-8,11,17H,4-6H2,1-3H3/t11-/m0/s1. The van der Waals surface area contributed by atoms with Crippen LogP contribution in [0, 0.1) is 11.2 Å². The van der Waals surface area contributed by atoms with E-state index in [0.29, 0.717) is 5.56 Å². The number of benzene rings is 1. The summed E-state index contributed by atoms with van der Waals surface area (Å²) in [4.78, 5) is 11.5. The Labute approximate surface area is 112 Å². The number of carbonyl (C=O) groups excluding carboxylic acids is 1. The summed E-state index contributed by atoms with van der Waals surface area (Å²) in [6.07, 6.45) is 3.07. The molecule has 0 spiro atoms. The largest absolute Gasteiger partial charge is 0.508 e. The van der Waals surface area contributed by atoms with Crippen LogP contribution in [0.15, 0.2) is 12.1 Å². The van der Waals surface area contributed by atoms with E-state index in [-0.39, 0.29) is 22.6 Å². The molecule has 104 valence electrons. The highest BCUT2D eigenvalue weighted by Gasteiger charge is 2.37. The van der Waals surface area contributed by atoms with Crippen molar-refractivity contribution in [2.75, 3.05) is 7.11 Å². The first-order valence-corrected chi connectivity index (χ1v) is 6.47. The molecule has 1 aromatic carbocycles. The number of carbonyl (C=O) groups is 1. The number of ether oxygens (including phenoxy) is 1. The number of phenolic OH excluding ortho intramolecular Hbond substituents is 1. The molecule has 1 atom stereocenters. The highest BCUT2D eigenvalue weighted by atomic mass is 19.1. The van der Waals surface area contributed by atoms with Gasteiger partial charge in [-0.3, -0.25) is 0 Å². The summed E-state index contributed by atoms with van der Waals surface area (Å²) in [6, 6.07) is 2.45. The first-order valence-electron chi connectivity index (χ1n) is 6.47. The van der Waals surface area contributed by atoms with Crippen LogP contribution in [-0.4, -0.2) is 18.2 Å². The smallest absolute Gasteiger partial charge is 0.340 e. The van der Waals surface area contributed by atoms with Crippen LogP contribution in [0.25, 0.3) is 0 Å². The molecule has 0 saturated heterocycles.